The molecule has 0 saturated heterocycles. The number of nitrogens with one attached hydrogen (secondary N) is 2. The molecule has 1 amide bonds. The molecule has 3 heterocycles. The molecule has 4 aromatic rings. The Morgan fingerprint density at radius 3 is 2.84 bits per heavy atom. The summed E-state index contributed by atoms with van der Waals surface area (Å²) in [6, 6.07) is 8.61. The average Bonchev–Trinajstić information content (AvgIpc) is 3.41. The third-order valence-electron chi connectivity index (χ3n) is 5.11. The Hall–Kier alpha value is -3.79. The van der Waals surface area contributed by atoms with E-state index >= 15 is 0 Å². The van der Waals surface area contributed by atoms with E-state index in [1.807, 2.05) is 33.8 Å². The van der Waals surface area contributed by atoms with Gasteiger partial charge in [0.2, 0.25) is 11.9 Å². The molecule has 166 valence electrons. The Morgan fingerprint density at radius 2 is 2.00 bits per heavy atom. The third kappa shape index (κ3) is 5.27. The second-order valence-corrected chi connectivity index (χ2v) is 7.47. The van der Waals surface area contributed by atoms with Gasteiger partial charge in [-0.05, 0) is 25.0 Å². The fraction of sp³-hybridized carbons (Fsp3) is 0.273. The number of rotatable bonds is 10. The number of benzene rings is 1. The van der Waals surface area contributed by atoms with Crippen LogP contribution in [0.3, 0.4) is 0 Å². The molecule has 3 N–H and O–H groups in total. The minimum Gasteiger partial charge on any atom is -0.328 e. The zero-order chi connectivity index (χ0) is 22.3. The zero-order valence-electron chi connectivity index (χ0n) is 17.4. The van der Waals surface area contributed by atoms with E-state index in [1.165, 1.54) is 6.07 Å². The highest BCUT2D eigenvalue weighted by Gasteiger charge is 2.09. The standard InChI is InChI=1S/C22H24FN7O2/c23-19-7-4-3-6-17(19)14-29-11-9-16-12-24-22(27-21(16)29)26-18-13-25-30(15-18)10-5-1-2-8-20(31)28-32/h3-4,6-7,9,11-13,15,32H,1-2,5,8,10,14H2,(H,28,31)(H,24,26,27). The van der Waals surface area contributed by atoms with Crippen molar-refractivity contribution in [2.24, 2.45) is 0 Å². The Bertz CT molecular complexity index is 1200. The van der Waals surface area contributed by atoms with Gasteiger partial charge in [0.15, 0.2) is 0 Å². The van der Waals surface area contributed by atoms with Crippen molar-refractivity contribution in [3.05, 3.63) is 66.5 Å². The van der Waals surface area contributed by atoms with Gasteiger partial charge >= 0.3 is 0 Å². The number of halogens is 1. The summed E-state index contributed by atoms with van der Waals surface area (Å²) < 4.78 is 17.7. The number of hydrogen-bond donors (Lipinski definition) is 3. The minimum absolute atomic E-state index is 0.245. The van der Waals surface area contributed by atoms with Gasteiger partial charge in [0.1, 0.15) is 11.5 Å². The molecule has 0 atom stereocenters. The maximum absolute atomic E-state index is 14.0. The summed E-state index contributed by atoms with van der Waals surface area (Å²) in [5, 5.41) is 16.8. The van der Waals surface area contributed by atoms with E-state index in [0.717, 1.165) is 23.9 Å². The number of aryl methyl sites for hydroxylation is 1. The fourth-order valence-corrected chi connectivity index (χ4v) is 3.44. The Kier molecular flexibility index (Phi) is 6.71. The van der Waals surface area contributed by atoms with E-state index < -0.39 is 0 Å². The number of nitrogens with zero attached hydrogens (tertiary/aromatic N) is 5. The van der Waals surface area contributed by atoms with Crippen molar-refractivity contribution in [3.63, 3.8) is 0 Å². The molecular formula is C22H24FN7O2. The van der Waals surface area contributed by atoms with Gasteiger partial charge in [0.05, 0.1) is 18.4 Å². The molecule has 0 bridgehead atoms. The van der Waals surface area contributed by atoms with Crippen LogP contribution in [0.15, 0.2) is 55.1 Å². The highest BCUT2D eigenvalue weighted by atomic mass is 19.1. The van der Waals surface area contributed by atoms with E-state index in [-0.39, 0.29) is 11.7 Å². The lowest BCUT2D eigenvalue weighted by Gasteiger charge is -2.07. The van der Waals surface area contributed by atoms with Crippen molar-refractivity contribution in [3.8, 4) is 0 Å². The van der Waals surface area contributed by atoms with Crippen LogP contribution in [0.1, 0.15) is 31.2 Å². The van der Waals surface area contributed by atoms with Crippen LogP contribution >= 0.6 is 0 Å². The number of fused-ring (bicyclic) bond motifs is 1. The lowest BCUT2D eigenvalue weighted by atomic mass is 10.2. The van der Waals surface area contributed by atoms with Gasteiger partial charge in [-0.25, -0.2) is 14.9 Å². The highest BCUT2D eigenvalue weighted by molar-refractivity contribution is 5.77. The number of hydrogen-bond acceptors (Lipinski definition) is 6. The summed E-state index contributed by atoms with van der Waals surface area (Å²) in [7, 11) is 0. The number of unbranched alkanes of at least 4 members (excludes halogenated alkanes) is 2. The maximum atomic E-state index is 14.0. The largest absolute Gasteiger partial charge is 0.328 e. The summed E-state index contributed by atoms with van der Waals surface area (Å²) in [6.07, 6.45) is 9.91. The molecule has 0 fully saturated rings. The Balaban J connectivity index is 1.37. The SMILES string of the molecule is O=C(CCCCCn1cc(Nc2ncc3ccn(Cc4ccccc4F)c3n2)cn1)NO. The van der Waals surface area contributed by atoms with E-state index in [0.29, 0.717) is 43.1 Å². The van der Waals surface area contributed by atoms with Gasteiger partial charge in [-0.15, -0.1) is 0 Å². The topological polar surface area (TPSA) is 110 Å². The Labute approximate surface area is 183 Å². The molecule has 0 spiro atoms. The van der Waals surface area contributed by atoms with Crippen LogP contribution in [0.25, 0.3) is 11.0 Å². The first-order chi connectivity index (χ1) is 15.6. The number of carbonyl (C=O) groups is 1. The number of aromatic nitrogens is 5. The van der Waals surface area contributed by atoms with E-state index in [1.54, 1.807) is 30.0 Å². The lowest BCUT2D eigenvalue weighted by molar-refractivity contribution is -0.129. The van der Waals surface area contributed by atoms with Gasteiger partial charge in [-0.2, -0.15) is 10.1 Å². The molecule has 0 aliphatic carbocycles. The smallest absolute Gasteiger partial charge is 0.243 e. The second-order valence-electron chi connectivity index (χ2n) is 7.47. The predicted octanol–water partition coefficient (Wildman–Crippen LogP) is 3.62. The highest BCUT2D eigenvalue weighted by Crippen LogP contribution is 2.19. The molecule has 0 unspecified atom stereocenters. The molecular weight excluding hydrogens is 413 g/mol. The fourth-order valence-electron chi connectivity index (χ4n) is 3.44. The van der Waals surface area contributed by atoms with E-state index in [2.05, 4.69) is 20.4 Å². The summed E-state index contributed by atoms with van der Waals surface area (Å²) in [5.41, 5.74) is 3.70. The predicted molar refractivity (Wildman–Crippen MR) is 117 cm³/mol. The molecule has 3 aromatic heterocycles. The quantitative estimate of drug-likeness (QED) is 0.199. The maximum Gasteiger partial charge on any atom is 0.243 e. The first-order valence-electron chi connectivity index (χ1n) is 10.4. The molecule has 1 aromatic carbocycles. The summed E-state index contributed by atoms with van der Waals surface area (Å²) in [4.78, 5) is 20.0. The molecule has 0 aliphatic rings. The van der Waals surface area contributed by atoms with E-state index in [4.69, 9.17) is 5.21 Å². The number of hydroxylamine groups is 1. The van der Waals surface area contributed by atoms with Crippen LogP contribution < -0.4 is 10.8 Å². The molecule has 0 aliphatic heterocycles. The normalized spacial score (nSPS) is 11.1. The molecule has 0 radical (unpaired) electrons. The second kappa shape index (κ2) is 10.0. The van der Waals surface area contributed by atoms with Crippen molar-refractivity contribution in [1.82, 2.24) is 29.8 Å². The number of amides is 1. The summed E-state index contributed by atoms with van der Waals surface area (Å²) >= 11 is 0. The minimum atomic E-state index is -0.368. The van der Waals surface area contributed by atoms with Crippen LogP contribution in [-0.4, -0.2) is 35.4 Å². The third-order valence-corrected chi connectivity index (χ3v) is 5.11. The van der Waals surface area contributed by atoms with Crippen molar-refractivity contribution in [2.45, 2.75) is 38.8 Å². The van der Waals surface area contributed by atoms with Gasteiger partial charge in [-0.3, -0.25) is 14.7 Å². The van der Waals surface area contributed by atoms with Gasteiger partial charge < -0.3 is 9.88 Å². The van der Waals surface area contributed by atoms with Gasteiger partial charge in [0, 0.05) is 42.5 Å². The molecule has 10 heteroatoms. The zero-order valence-corrected chi connectivity index (χ0v) is 17.4. The summed E-state index contributed by atoms with van der Waals surface area (Å²) in [6.45, 7) is 1.10. The van der Waals surface area contributed by atoms with Gasteiger partial charge in [-0.1, -0.05) is 24.6 Å². The lowest BCUT2D eigenvalue weighted by Crippen LogP contribution is -2.17. The average molecular weight is 437 g/mol. The van der Waals surface area contributed by atoms with Crippen molar-refractivity contribution < 1.29 is 14.4 Å². The van der Waals surface area contributed by atoms with Crippen molar-refractivity contribution >= 4 is 28.6 Å². The van der Waals surface area contributed by atoms with Crippen molar-refractivity contribution in [2.75, 3.05) is 5.32 Å². The molecule has 9 nitrogen and oxygen atoms in total. The van der Waals surface area contributed by atoms with E-state index in [9.17, 15) is 9.18 Å². The Morgan fingerprint density at radius 1 is 1.12 bits per heavy atom. The van der Waals surface area contributed by atoms with Crippen LogP contribution in [0.5, 0.6) is 0 Å². The van der Waals surface area contributed by atoms with Crippen molar-refractivity contribution in [1.29, 1.82) is 0 Å². The van der Waals surface area contributed by atoms with Crippen LogP contribution in [0, 0.1) is 5.82 Å². The number of carbonyl (C=O) groups excluding carboxylic acids is 1. The molecule has 4 rings (SSSR count). The van der Waals surface area contributed by atoms with Crippen LogP contribution in [0.4, 0.5) is 16.0 Å². The monoisotopic (exact) mass is 437 g/mol. The van der Waals surface area contributed by atoms with Gasteiger partial charge in [0.25, 0.3) is 0 Å². The molecule has 0 saturated carbocycles. The van der Waals surface area contributed by atoms with Crippen LogP contribution in [-0.2, 0) is 17.9 Å². The molecule has 32 heavy (non-hydrogen) atoms. The summed E-state index contributed by atoms with van der Waals surface area (Å²) in [5.74, 6) is -0.182. The van der Waals surface area contributed by atoms with Crippen LogP contribution in [0.2, 0.25) is 0 Å². The number of anilines is 2. The first kappa shape index (κ1) is 21.4. The first-order valence-corrected chi connectivity index (χ1v) is 10.4.